The molecule has 0 atom stereocenters. The van der Waals surface area contributed by atoms with Gasteiger partial charge in [0, 0.05) is 6.42 Å². The lowest BCUT2D eigenvalue weighted by molar-refractivity contribution is -0.272. The van der Waals surface area contributed by atoms with Crippen LogP contribution in [-0.4, -0.2) is 12.6 Å². The normalized spacial score (nSPS) is 10.0. The van der Waals surface area contributed by atoms with Gasteiger partial charge in [0.2, 0.25) is 0 Å². The van der Waals surface area contributed by atoms with Crippen LogP contribution in [0.1, 0.15) is 52.4 Å². The molecular formula is C10H20O3. The van der Waals surface area contributed by atoms with Gasteiger partial charge in [-0.05, 0) is 12.8 Å². The molecule has 0 unspecified atom stereocenters. The second kappa shape index (κ2) is 9.52. The first-order valence-electron chi connectivity index (χ1n) is 5.13. The fourth-order valence-electron chi connectivity index (χ4n) is 0.941. The molecule has 0 aliphatic rings. The van der Waals surface area contributed by atoms with Gasteiger partial charge in [-0.25, -0.2) is 4.79 Å². The Morgan fingerprint density at radius 3 is 2.46 bits per heavy atom. The van der Waals surface area contributed by atoms with Gasteiger partial charge in [-0.15, -0.1) is 0 Å². The summed E-state index contributed by atoms with van der Waals surface area (Å²) in [6.07, 6.45) is 5.77. The molecule has 78 valence electrons. The van der Waals surface area contributed by atoms with Crippen LogP contribution in [0.4, 0.5) is 0 Å². The second-order valence-electron chi connectivity index (χ2n) is 3.09. The smallest absolute Gasteiger partial charge is 0.298 e. The van der Waals surface area contributed by atoms with Crippen molar-refractivity contribution in [3.05, 3.63) is 0 Å². The highest BCUT2D eigenvalue weighted by Crippen LogP contribution is 1.99. The quantitative estimate of drug-likeness (QED) is 0.334. The van der Waals surface area contributed by atoms with Crippen molar-refractivity contribution >= 4 is 5.97 Å². The van der Waals surface area contributed by atoms with Crippen LogP contribution in [0.3, 0.4) is 0 Å². The summed E-state index contributed by atoms with van der Waals surface area (Å²) < 4.78 is 0. The van der Waals surface area contributed by atoms with Gasteiger partial charge in [0.1, 0.15) is 0 Å². The maximum atomic E-state index is 10.8. The summed E-state index contributed by atoms with van der Waals surface area (Å²) >= 11 is 0. The van der Waals surface area contributed by atoms with E-state index in [9.17, 15) is 4.79 Å². The van der Waals surface area contributed by atoms with E-state index in [1.165, 1.54) is 12.8 Å². The molecule has 0 bridgehead atoms. The first kappa shape index (κ1) is 12.4. The lowest BCUT2D eigenvalue weighted by atomic mass is 10.2. The molecule has 0 saturated heterocycles. The predicted octanol–water partition coefficient (Wildman–Crippen LogP) is 2.84. The highest BCUT2D eigenvalue weighted by atomic mass is 17.2. The SMILES string of the molecule is CCCCCCOOC(=O)CCC. The molecular weight excluding hydrogens is 168 g/mol. The lowest BCUT2D eigenvalue weighted by Crippen LogP contribution is -2.05. The number of carbonyl (C=O) groups is 1. The van der Waals surface area contributed by atoms with Crippen LogP contribution in [0, 0.1) is 0 Å². The van der Waals surface area contributed by atoms with E-state index in [0.29, 0.717) is 13.0 Å². The van der Waals surface area contributed by atoms with E-state index in [1.54, 1.807) is 0 Å². The number of hydrogen-bond acceptors (Lipinski definition) is 3. The topological polar surface area (TPSA) is 35.5 Å². The van der Waals surface area contributed by atoms with Crippen LogP contribution in [0.2, 0.25) is 0 Å². The standard InChI is InChI=1S/C10H20O3/c1-3-5-6-7-9-12-13-10(11)8-4-2/h3-9H2,1-2H3. The average molecular weight is 188 g/mol. The Morgan fingerprint density at radius 1 is 1.08 bits per heavy atom. The Morgan fingerprint density at radius 2 is 1.85 bits per heavy atom. The van der Waals surface area contributed by atoms with Gasteiger partial charge in [-0.3, -0.25) is 4.89 Å². The summed E-state index contributed by atoms with van der Waals surface area (Å²) in [5.41, 5.74) is 0. The fourth-order valence-corrected chi connectivity index (χ4v) is 0.941. The maximum absolute atomic E-state index is 10.8. The first-order chi connectivity index (χ1) is 6.31. The van der Waals surface area contributed by atoms with Gasteiger partial charge in [-0.1, -0.05) is 33.1 Å². The zero-order valence-electron chi connectivity index (χ0n) is 8.67. The highest BCUT2D eigenvalue weighted by molar-refractivity contribution is 5.68. The molecule has 0 saturated carbocycles. The summed E-state index contributed by atoms with van der Waals surface area (Å²) in [5.74, 6) is -0.266. The van der Waals surface area contributed by atoms with Crippen molar-refractivity contribution in [2.24, 2.45) is 0 Å². The van der Waals surface area contributed by atoms with Gasteiger partial charge in [0.15, 0.2) is 0 Å². The Labute approximate surface area is 80.3 Å². The van der Waals surface area contributed by atoms with Crippen LogP contribution in [0.5, 0.6) is 0 Å². The van der Waals surface area contributed by atoms with Crippen molar-refractivity contribution in [1.82, 2.24) is 0 Å². The molecule has 0 radical (unpaired) electrons. The fraction of sp³-hybridized carbons (Fsp3) is 0.900. The summed E-state index contributed by atoms with van der Waals surface area (Å²) in [4.78, 5) is 20.1. The Balaban J connectivity index is 3.02. The third-order valence-electron chi connectivity index (χ3n) is 1.69. The molecule has 0 aliphatic heterocycles. The second-order valence-corrected chi connectivity index (χ2v) is 3.09. The lowest BCUT2D eigenvalue weighted by Gasteiger charge is -2.02. The van der Waals surface area contributed by atoms with E-state index in [0.717, 1.165) is 19.3 Å². The van der Waals surface area contributed by atoms with Crippen LogP contribution in [-0.2, 0) is 14.6 Å². The van der Waals surface area contributed by atoms with Crippen LogP contribution in [0.15, 0.2) is 0 Å². The molecule has 0 aromatic rings. The molecule has 3 nitrogen and oxygen atoms in total. The van der Waals surface area contributed by atoms with Gasteiger partial charge < -0.3 is 0 Å². The Kier molecular flexibility index (Phi) is 9.10. The molecule has 0 amide bonds. The van der Waals surface area contributed by atoms with Gasteiger partial charge in [0.05, 0.1) is 6.61 Å². The summed E-state index contributed by atoms with van der Waals surface area (Å²) in [6, 6.07) is 0. The zero-order valence-corrected chi connectivity index (χ0v) is 8.67. The minimum Gasteiger partial charge on any atom is -0.298 e. The van der Waals surface area contributed by atoms with Crippen LogP contribution < -0.4 is 0 Å². The summed E-state index contributed by atoms with van der Waals surface area (Å²) in [5, 5.41) is 0. The molecule has 0 heterocycles. The highest BCUT2D eigenvalue weighted by Gasteiger charge is 2.00. The number of unbranched alkanes of at least 4 members (excludes halogenated alkanes) is 3. The van der Waals surface area contributed by atoms with Crippen LogP contribution >= 0.6 is 0 Å². The van der Waals surface area contributed by atoms with E-state index in [-0.39, 0.29) is 5.97 Å². The minimum absolute atomic E-state index is 0.266. The summed E-state index contributed by atoms with van der Waals surface area (Å²) in [7, 11) is 0. The van der Waals surface area contributed by atoms with Crippen molar-refractivity contribution in [2.45, 2.75) is 52.4 Å². The zero-order chi connectivity index (χ0) is 9.94. The molecule has 13 heavy (non-hydrogen) atoms. The summed E-state index contributed by atoms with van der Waals surface area (Å²) in [6.45, 7) is 4.61. The predicted molar refractivity (Wildman–Crippen MR) is 51.1 cm³/mol. The van der Waals surface area contributed by atoms with Crippen molar-refractivity contribution in [3.63, 3.8) is 0 Å². The molecule has 0 aromatic heterocycles. The molecule has 3 heteroatoms. The Hall–Kier alpha value is -0.570. The van der Waals surface area contributed by atoms with E-state index < -0.39 is 0 Å². The van der Waals surface area contributed by atoms with E-state index >= 15 is 0 Å². The number of carbonyl (C=O) groups excluding carboxylic acids is 1. The van der Waals surface area contributed by atoms with E-state index in [4.69, 9.17) is 4.89 Å². The Bertz CT molecular complexity index is 123. The third kappa shape index (κ3) is 9.34. The van der Waals surface area contributed by atoms with E-state index in [1.807, 2.05) is 6.92 Å². The molecule has 0 rings (SSSR count). The third-order valence-corrected chi connectivity index (χ3v) is 1.69. The maximum Gasteiger partial charge on any atom is 0.342 e. The molecule has 0 fully saturated rings. The van der Waals surface area contributed by atoms with Crippen molar-refractivity contribution in [1.29, 1.82) is 0 Å². The van der Waals surface area contributed by atoms with Gasteiger partial charge in [0.25, 0.3) is 0 Å². The first-order valence-corrected chi connectivity index (χ1v) is 5.13. The molecule has 0 spiro atoms. The molecule has 0 aromatic carbocycles. The molecule has 0 N–H and O–H groups in total. The average Bonchev–Trinajstić information content (AvgIpc) is 2.11. The number of rotatable bonds is 8. The van der Waals surface area contributed by atoms with Crippen molar-refractivity contribution in [3.8, 4) is 0 Å². The monoisotopic (exact) mass is 188 g/mol. The van der Waals surface area contributed by atoms with Gasteiger partial charge >= 0.3 is 5.97 Å². The van der Waals surface area contributed by atoms with Crippen molar-refractivity contribution in [2.75, 3.05) is 6.61 Å². The number of hydrogen-bond donors (Lipinski definition) is 0. The van der Waals surface area contributed by atoms with E-state index in [2.05, 4.69) is 11.8 Å². The largest absolute Gasteiger partial charge is 0.342 e. The van der Waals surface area contributed by atoms with Crippen molar-refractivity contribution < 1.29 is 14.6 Å². The minimum atomic E-state index is -0.266. The molecule has 0 aliphatic carbocycles. The van der Waals surface area contributed by atoms with Crippen LogP contribution in [0.25, 0.3) is 0 Å². The van der Waals surface area contributed by atoms with Gasteiger partial charge in [-0.2, -0.15) is 4.89 Å².